The first-order chi connectivity index (χ1) is 16.1. The average molecular weight is 492 g/mol. The van der Waals surface area contributed by atoms with Crippen LogP contribution in [-0.4, -0.2) is 43.0 Å². The van der Waals surface area contributed by atoms with Crippen LogP contribution in [0.3, 0.4) is 0 Å². The van der Waals surface area contributed by atoms with Gasteiger partial charge in [-0.1, -0.05) is 27.2 Å². The third-order valence-electron chi connectivity index (χ3n) is 8.01. The number of rotatable bonds is 6. The highest BCUT2D eigenvalue weighted by Gasteiger charge is 2.42. The normalized spacial score (nSPS) is 36.2. The zero-order valence-electron chi connectivity index (χ0n) is 20.6. The van der Waals surface area contributed by atoms with Gasteiger partial charge in [0.05, 0.1) is 12.1 Å². The maximum Gasteiger partial charge on any atom is 0.391 e. The Bertz CT molecular complexity index is 695. The second-order valence-corrected chi connectivity index (χ2v) is 10.7. The summed E-state index contributed by atoms with van der Waals surface area (Å²) in [6.07, 6.45) is -0.624. The van der Waals surface area contributed by atoms with Gasteiger partial charge in [0.1, 0.15) is 6.17 Å². The molecule has 1 aliphatic heterocycles. The van der Waals surface area contributed by atoms with Crippen molar-refractivity contribution in [2.45, 2.75) is 103 Å². The molecule has 1 saturated heterocycles. The van der Waals surface area contributed by atoms with Crippen molar-refractivity contribution in [1.29, 1.82) is 0 Å². The lowest BCUT2D eigenvalue weighted by Crippen LogP contribution is -2.52. The lowest BCUT2D eigenvalue weighted by atomic mass is 9.77. The van der Waals surface area contributed by atoms with Gasteiger partial charge in [-0.15, -0.1) is 0 Å². The van der Waals surface area contributed by atoms with E-state index >= 15 is 0 Å². The van der Waals surface area contributed by atoms with Gasteiger partial charge in [-0.25, -0.2) is 9.82 Å². The van der Waals surface area contributed by atoms with Gasteiger partial charge >= 0.3 is 6.18 Å². The highest BCUT2D eigenvalue weighted by molar-refractivity contribution is 5.98. The molecule has 4 N–H and O–H groups in total. The SMILES string of the molecule is CCC(C)CN=C(NC(=O)C1CCC(C(F)(F)F)CC1)NC1CC(C2CCC(C)C(F)C2)NN1. The molecule has 6 nitrogen and oxygen atoms in total. The zero-order valence-corrected chi connectivity index (χ0v) is 20.6. The van der Waals surface area contributed by atoms with Gasteiger partial charge in [-0.2, -0.15) is 13.2 Å². The molecular formula is C24H41F4N5O. The highest BCUT2D eigenvalue weighted by atomic mass is 19.4. The summed E-state index contributed by atoms with van der Waals surface area (Å²) in [6.45, 7) is 6.64. The van der Waals surface area contributed by atoms with E-state index in [0.717, 1.165) is 25.7 Å². The van der Waals surface area contributed by atoms with Gasteiger partial charge in [-0.3, -0.25) is 20.5 Å². The summed E-state index contributed by atoms with van der Waals surface area (Å²) in [4.78, 5) is 17.4. The molecule has 3 rings (SSSR count). The zero-order chi connectivity index (χ0) is 24.9. The van der Waals surface area contributed by atoms with Crippen LogP contribution in [0, 0.1) is 29.6 Å². The van der Waals surface area contributed by atoms with Crippen molar-refractivity contribution in [2.24, 2.45) is 34.6 Å². The Morgan fingerprint density at radius 1 is 1.09 bits per heavy atom. The summed E-state index contributed by atoms with van der Waals surface area (Å²) in [5, 5.41) is 6.10. The molecule has 10 heteroatoms. The number of amides is 1. The van der Waals surface area contributed by atoms with Gasteiger partial charge in [0, 0.05) is 18.5 Å². The first-order valence-corrected chi connectivity index (χ1v) is 12.9. The van der Waals surface area contributed by atoms with E-state index in [1.54, 1.807) is 0 Å². The quantitative estimate of drug-likeness (QED) is 0.252. The number of guanidine groups is 1. The van der Waals surface area contributed by atoms with E-state index in [1.807, 2.05) is 6.92 Å². The second-order valence-electron chi connectivity index (χ2n) is 10.7. The van der Waals surface area contributed by atoms with E-state index in [9.17, 15) is 22.4 Å². The highest BCUT2D eigenvalue weighted by Crippen LogP contribution is 2.39. The number of carbonyl (C=O) groups excluding carboxylic acids is 1. The molecule has 3 fully saturated rings. The first kappa shape index (κ1) is 27.2. The van der Waals surface area contributed by atoms with Crippen molar-refractivity contribution in [3.63, 3.8) is 0 Å². The molecule has 0 spiro atoms. The molecular weight excluding hydrogens is 450 g/mol. The van der Waals surface area contributed by atoms with Crippen molar-refractivity contribution in [1.82, 2.24) is 21.5 Å². The second kappa shape index (κ2) is 12.0. The molecule has 2 saturated carbocycles. The lowest BCUT2D eigenvalue weighted by Gasteiger charge is -2.32. The maximum absolute atomic E-state index is 14.2. The van der Waals surface area contributed by atoms with Gasteiger partial charge in [0.2, 0.25) is 5.91 Å². The molecule has 0 aromatic carbocycles. The van der Waals surface area contributed by atoms with Gasteiger partial charge in [0.25, 0.3) is 0 Å². The Morgan fingerprint density at radius 2 is 1.79 bits per heavy atom. The van der Waals surface area contributed by atoms with Gasteiger partial charge < -0.3 is 5.32 Å². The number of carbonyl (C=O) groups is 1. The third-order valence-corrected chi connectivity index (χ3v) is 8.01. The first-order valence-electron chi connectivity index (χ1n) is 12.9. The van der Waals surface area contributed by atoms with E-state index in [-0.39, 0.29) is 55.6 Å². The fourth-order valence-corrected chi connectivity index (χ4v) is 5.21. The van der Waals surface area contributed by atoms with E-state index in [0.29, 0.717) is 24.8 Å². The van der Waals surface area contributed by atoms with Crippen molar-refractivity contribution in [3.8, 4) is 0 Å². The average Bonchev–Trinajstić information content (AvgIpc) is 3.27. The summed E-state index contributed by atoms with van der Waals surface area (Å²) in [5.74, 6) is -0.981. The van der Waals surface area contributed by atoms with Gasteiger partial charge in [0.15, 0.2) is 5.96 Å². The van der Waals surface area contributed by atoms with E-state index < -0.39 is 24.2 Å². The predicted octanol–water partition coefficient (Wildman–Crippen LogP) is 4.43. The minimum Gasteiger partial charge on any atom is -0.339 e. The minimum absolute atomic E-state index is 0.0142. The molecule has 0 aromatic heterocycles. The Morgan fingerprint density at radius 3 is 2.41 bits per heavy atom. The van der Waals surface area contributed by atoms with Crippen LogP contribution < -0.4 is 21.5 Å². The molecule has 0 bridgehead atoms. The predicted molar refractivity (Wildman–Crippen MR) is 124 cm³/mol. The largest absolute Gasteiger partial charge is 0.391 e. The van der Waals surface area contributed by atoms with Crippen molar-refractivity contribution in [3.05, 3.63) is 0 Å². The fraction of sp³-hybridized carbons (Fsp3) is 0.917. The molecule has 1 heterocycles. The summed E-state index contributed by atoms with van der Waals surface area (Å²) >= 11 is 0. The number of nitrogens with one attached hydrogen (secondary N) is 4. The molecule has 2 aliphatic carbocycles. The van der Waals surface area contributed by atoms with Crippen LogP contribution in [0.5, 0.6) is 0 Å². The topological polar surface area (TPSA) is 77.5 Å². The number of aliphatic imine (C=N–C) groups is 1. The van der Waals surface area contributed by atoms with Crippen molar-refractivity contribution >= 4 is 11.9 Å². The number of hydrogen-bond donors (Lipinski definition) is 4. The van der Waals surface area contributed by atoms with Crippen LogP contribution in [0.1, 0.15) is 78.6 Å². The Hall–Kier alpha value is -1.42. The van der Waals surface area contributed by atoms with Crippen LogP contribution >= 0.6 is 0 Å². The van der Waals surface area contributed by atoms with Crippen molar-refractivity contribution in [2.75, 3.05) is 6.54 Å². The smallest absolute Gasteiger partial charge is 0.339 e. The van der Waals surface area contributed by atoms with Gasteiger partial charge in [-0.05, 0) is 69.1 Å². The molecule has 34 heavy (non-hydrogen) atoms. The summed E-state index contributed by atoms with van der Waals surface area (Å²) in [7, 11) is 0. The monoisotopic (exact) mass is 491 g/mol. The Labute approximate surface area is 200 Å². The molecule has 196 valence electrons. The van der Waals surface area contributed by atoms with E-state index in [2.05, 4.69) is 40.3 Å². The van der Waals surface area contributed by atoms with Crippen molar-refractivity contribution < 1.29 is 22.4 Å². The molecule has 6 unspecified atom stereocenters. The molecule has 1 amide bonds. The van der Waals surface area contributed by atoms with Crippen LogP contribution in [0.25, 0.3) is 0 Å². The number of halogens is 4. The van der Waals surface area contributed by atoms with Crippen LogP contribution in [0.2, 0.25) is 0 Å². The molecule has 6 atom stereocenters. The molecule has 0 aromatic rings. The molecule has 3 aliphatic rings. The minimum atomic E-state index is -4.19. The number of alkyl halides is 4. The lowest BCUT2D eigenvalue weighted by molar-refractivity contribution is -0.184. The molecule has 0 radical (unpaired) electrons. The van der Waals surface area contributed by atoms with E-state index in [1.165, 1.54) is 0 Å². The number of hydrazine groups is 1. The summed E-state index contributed by atoms with van der Waals surface area (Å²) in [6, 6.07) is 0.132. The van der Waals surface area contributed by atoms with E-state index in [4.69, 9.17) is 0 Å². The summed E-state index contributed by atoms with van der Waals surface area (Å²) < 4.78 is 53.1. The standard InChI is InChI=1S/C24H41F4N5O/c1-4-14(2)13-29-23(31-22(34)16-7-9-18(10-8-16)24(26,27)28)30-21-12-20(32-33-21)17-6-5-15(3)19(25)11-17/h14-21,32-33H,4-13H2,1-3H3,(H2,29,30,31,34). The number of nitrogens with zero attached hydrogens (tertiary/aromatic N) is 1. The van der Waals surface area contributed by atoms with Crippen LogP contribution in [0.15, 0.2) is 4.99 Å². The Balaban J connectivity index is 1.55. The van der Waals surface area contributed by atoms with Crippen LogP contribution in [-0.2, 0) is 4.79 Å². The van der Waals surface area contributed by atoms with Crippen LogP contribution in [0.4, 0.5) is 17.6 Å². The third kappa shape index (κ3) is 7.54. The Kier molecular flexibility index (Phi) is 9.60. The number of hydrogen-bond acceptors (Lipinski definition) is 4. The fourth-order valence-electron chi connectivity index (χ4n) is 5.21. The maximum atomic E-state index is 14.2. The summed E-state index contributed by atoms with van der Waals surface area (Å²) in [5.41, 5.74) is 6.47.